The fraction of sp³-hybridized carbons (Fsp3) is 0.290. The molecule has 0 unspecified atom stereocenters. The summed E-state index contributed by atoms with van der Waals surface area (Å²) in [6.07, 6.45) is 3.93. The number of benzene rings is 4. The maximum atomic E-state index is 10.0. The average molecular weight is 532 g/mol. The molecule has 192 valence electrons. The van der Waals surface area contributed by atoms with Crippen LogP contribution in [-0.2, 0) is 0 Å². The molecule has 0 amide bonds. The number of phenols is 1. The minimum absolute atomic E-state index is 0.233. The predicted octanol–water partition coefficient (Wildman–Crippen LogP) is 8.27. The topological polar surface area (TPSA) is 41.9 Å². The van der Waals surface area contributed by atoms with E-state index in [1.54, 1.807) is 23.9 Å². The molecule has 0 spiro atoms. The van der Waals surface area contributed by atoms with Gasteiger partial charge in [0.15, 0.2) is 0 Å². The number of hydrogen-bond acceptors (Lipinski definition) is 6. The lowest BCUT2D eigenvalue weighted by molar-refractivity contribution is 0.183. The van der Waals surface area contributed by atoms with E-state index >= 15 is 0 Å². The van der Waals surface area contributed by atoms with Crippen LogP contribution in [0.2, 0.25) is 0 Å². The first kappa shape index (κ1) is 25.8. The Labute approximate surface area is 229 Å². The molecular weight excluding hydrogens is 498 g/mol. The zero-order chi connectivity index (χ0) is 25.6. The van der Waals surface area contributed by atoms with Crippen molar-refractivity contribution in [3.8, 4) is 34.1 Å². The Bertz CT molecular complexity index is 1350. The highest BCUT2D eigenvalue weighted by Crippen LogP contribution is 2.42. The lowest BCUT2D eigenvalue weighted by atomic mass is 9.99. The molecule has 1 N–H and O–H groups in total. The van der Waals surface area contributed by atoms with Crippen LogP contribution in [-0.4, -0.2) is 42.0 Å². The van der Waals surface area contributed by atoms with Crippen molar-refractivity contribution in [1.29, 1.82) is 0 Å². The number of hydrogen-bond donors (Lipinski definition) is 2. The Morgan fingerprint density at radius 2 is 1.68 bits per heavy atom. The number of piperidine rings is 1. The zero-order valence-electron chi connectivity index (χ0n) is 21.2. The van der Waals surface area contributed by atoms with Crippen LogP contribution in [0.4, 0.5) is 0 Å². The van der Waals surface area contributed by atoms with Crippen LogP contribution < -0.4 is 9.47 Å². The van der Waals surface area contributed by atoms with Crippen molar-refractivity contribution in [3.63, 3.8) is 0 Å². The van der Waals surface area contributed by atoms with Crippen molar-refractivity contribution >= 4 is 35.2 Å². The minimum atomic E-state index is 0.233. The van der Waals surface area contributed by atoms with Gasteiger partial charge in [-0.3, -0.25) is 4.90 Å². The van der Waals surface area contributed by atoms with Gasteiger partial charge in [-0.2, -0.15) is 0 Å². The summed E-state index contributed by atoms with van der Waals surface area (Å²) in [7, 11) is 0. The zero-order valence-corrected chi connectivity index (χ0v) is 22.9. The van der Waals surface area contributed by atoms with Crippen LogP contribution in [0.3, 0.4) is 0 Å². The van der Waals surface area contributed by atoms with E-state index in [2.05, 4.69) is 48.7 Å². The number of thiol groups is 1. The van der Waals surface area contributed by atoms with Crippen molar-refractivity contribution in [2.45, 2.75) is 36.0 Å². The lowest BCUT2D eigenvalue weighted by Gasteiger charge is -2.26. The highest BCUT2D eigenvalue weighted by atomic mass is 32.2. The van der Waals surface area contributed by atoms with Gasteiger partial charge in [0.05, 0.1) is 0 Å². The summed E-state index contributed by atoms with van der Waals surface area (Å²) in [5.41, 5.74) is 2.03. The maximum Gasteiger partial charge on any atom is 0.143 e. The van der Waals surface area contributed by atoms with Gasteiger partial charge in [0.1, 0.15) is 29.6 Å². The number of rotatable bonds is 9. The minimum Gasteiger partial charge on any atom is -0.508 e. The Hall–Kier alpha value is -2.80. The van der Waals surface area contributed by atoms with Crippen LogP contribution in [0.5, 0.6) is 23.0 Å². The van der Waals surface area contributed by atoms with E-state index in [1.807, 2.05) is 36.4 Å². The Morgan fingerprint density at radius 3 is 2.46 bits per heavy atom. The molecule has 37 heavy (non-hydrogen) atoms. The first-order chi connectivity index (χ1) is 18.1. The van der Waals surface area contributed by atoms with Gasteiger partial charge >= 0.3 is 0 Å². The van der Waals surface area contributed by atoms with E-state index in [0.29, 0.717) is 6.61 Å². The van der Waals surface area contributed by atoms with Gasteiger partial charge in [-0.1, -0.05) is 19.4 Å². The predicted molar refractivity (Wildman–Crippen MR) is 157 cm³/mol. The van der Waals surface area contributed by atoms with E-state index in [1.165, 1.54) is 37.2 Å². The van der Waals surface area contributed by atoms with Crippen LogP contribution in [0.15, 0.2) is 82.6 Å². The van der Waals surface area contributed by atoms with Crippen LogP contribution >= 0.6 is 24.4 Å². The van der Waals surface area contributed by atoms with E-state index < -0.39 is 0 Å². The molecule has 1 fully saturated rings. The quantitative estimate of drug-likeness (QED) is 0.168. The molecule has 1 saturated heterocycles. The van der Waals surface area contributed by atoms with Gasteiger partial charge in [0, 0.05) is 27.3 Å². The van der Waals surface area contributed by atoms with Gasteiger partial charge in [-0.25, -0.2) is 0 Å². The third-order valence-electron chi connectivity index (χ3n) is 6.64. The standard InChI is InChI=1S/C31H33NO3S2/c1-2-37-28-20-23(19-27(36)21-28)30-12-6-22-18-24(33)7-13-29(22)31(30)35-26-10-8-25(9-11-26)34-17-16-32-14-4-3-5-15-32/h6-13,18-21,33,36H,2-5,14-17H2,1H3. The molecule has 0 atom stereocenters. The number of thioether (sulfide) groups is 1. The van der Waals surface area contributed by atoms with Gasteiger partial charge < -0.3 is 14.6 Å². The largest absolute Gasteiger partial charge is 0.508 e. The Morgan fingerprint density at radius 1 is 0.892 bits per heavy atom. The van der Waals surface area contributed by atoms with Gasteiger partial charge in [-0.15, -0.1) is 24.4 Å². The number of nitrogens with zero attached hydrogens (tertiary/aromatic N) is 1. The van der Waals surface area contributed by atoms with E-state index in [9.17, 15) is 5.11 Å². The summed E-state index contributed by atoms with van der Waals surface area (Å²) < 4.78 is 12.5. The monoisotopic (exact) mass is 531 g/mol. The Balaban J connectivity index is 1.40. The van der Waals surface area contributed by atoms with Crippen molar-refractivity contribution in [3.05, 3.63) is 72.8 Å². The third kappa shape index (κ3) is 6.56. The summed E-state index contributed by atoms with van der Waals surface area (Å²) in [4.78, 5) is 4.56. The van der Waals surface area contributed by atoms with E-state index in [0.717, 1.165) is 56.3 Å². The van der Waals surface area contributed by atoms with Gasteiger partial charge in [0.2, 0.25) is 0 Å². The average Bonchev–Trinajstić information content (AvgIpc) is 2.90. The molecule has 0 radical (unpaired) electrons. The van der Waals surface area contributed by atoms with Crippen LogP contribution in [0, 0.1) is 0 Å². The summed E-state index contributed by atoms with van der Waals surface area (Å²) in [6.45, 7) is 6.15. The molecule has 4 aromatic carbocycles. The normalized spacial score (nSPS) is 14.1. The molecule has 5 rings (SSSR count). The fourth-order valence-electron chi connectivity index (χ4n) is 4.81. The molecule has 0 bridgehead atoms. The van der Waals surface area contributed by atoms with E-state index in [4.69, 9.17) is 9.47 Å². The second-order valence-corrected chi connectivity index (χ2v) is 11.2. The number of likely N-dealkylation sites (tertiary alicyclic amines) is 1. The molecule has 0 aromatic heterocycles. The number of phenolic OH excluding ortho intramolecular Hbond substituents is 1. The molecule has 1 aliphatic heterocycles. The van der Waals surface area contributed by atoms with Gasteiger partial charge in [-0.05, 0) is 109 Å². The van der Waals surface area contributed by atoms with Crippen molar-refractivity contribution in [2.75, 3.05) is 32.0 Å². The van der Waals surface area contributed by atoms with Crippen LogP contribution in [0.25, 0.3) is 21.9 Å². The van der Waals surface area contributed by atoms with Crippen molar-refractivity contribution in [1.82, 2.24) is 4.90 Å². The van der Waals surface area contributed by atoms with Crippen molar-refractivity contribution < 1.29 is 14.6 Å². The van der Waals surface area contributed by atoms with Gasteiger partial charge in [0.25, 0.3) is 0 Å². The highest BCUT2D eigenvalue weighted by molar-refractivity contribution is 7.99. The highest BCUT2D eigenvalue weighted by Gasteiger charge is 2.15. The molecule has 1 aliphatic rings. The Kier molecular flexibility index (Phi) is 8.49. The summed E-state index contributed by atoms with van der Waals surface area (Å²) in [5.74, 6) is 3.55. The number of ether oxygens (including phenoxy) is 2. The molecular formula is C31H33NO3S2. The summed E-state index contributed by atoms with van der Waals surface area (Å²) >= 11 is 6.45. The molecule has 6 heteroatoms. The number of fused-ring (bicyclic) bond motifs is 1. The maximum absolute atomic E-state index is 10.0. The SMILES string of the molecule is CCSc1cc(S)cc(-c2ccc3cc(O)ccc3c2Oc2ccc(OCCN3CCCCC3)cc2)c1. The molecule has 4 aromatic rings. The lowest BCUT2D eigenvalue weighted by Crippen LogP contribution is -2.33. The first-order valence-electron chi connectivity index (χ1n) is 12.9. The second kappa shape index (κ2) is 12.2. The first-order valence-corrected chi connectivity index (χ1v) is 14.4. The summed E-state index contributed by atoms with van der Waals surface area (Å²) in [5, 5.41) is 11.9. The van der Waals surface area contributed by atoms with Crippen LogP contribution in [0.1, 0.15) is 26.2 Å². The molecule has 4 nitrogen and oxygen atoms in total. The van der Waals surface area contributed by atoms with E-state index in [-0.39, 0.29) is 5.75 Å². The second-order valence-electron chi connectivity index (χ2n) is 9.32. The third-order valence-corrected chi connectivity index (χ3v) is 7.75. The number of aromatic hydroxyl groups is 1. The molecule has 1 heterocycles. The summed E-state index contributed by atoms with van der Waals surface area (Å²) in [6, 6.07) is 23.6. The smallest absolute Gasteiger partial charge is 0.143 e. The fourth-order valence-corrected chi connectivity index (χ4v) is 5.93. The van der Waals surface area contributed by atoms with Crippen molar-refractivity contribution in [2.24, 2.45) is 0 Å². The molecule has 0 saturated carbocycles. The molecule has 0 aliphatic carbocycles.